The van der Waals surface area contributed by atoms with Gasteiger partial charge in [0.2, 0.25) is 0 Å². The highest BCUT2D eigenvalue weighted by molar-refractivity contribution is 5.50. The second-order valence-corrected chi connectivity index (χ2v) is 5.64. The first kappa shape index (κ1) is 11.8. The molecule has 3 nitrogen and oxygen atoms in total. The van der Waals surface area contributed by atoms with E-state index >= 15 is 0 Å². The van der Waals surface area contributed by atoms with Gasteiger partial charge in [0, 0.05) is 23.6 Å². The van der Waals surface area contributed by atoms with E-state index in [1.165, 1.54) is 17.5 Å². The Labute approximate surface area is 108 Å². The quantitative estimate of drug-likeness (QED) is 0.871. The minimum Gasteiger partial charge on any atom is -0.496 e. The third-order valence-electron chi connectivity index (χ3n) is 3.97. The number of fused-ring (bicyclic) bond motifs is 1. The number of benzene rings is 1. The van der Waals surface area contributed by atoms with Gasteiger partial charge < -0.3 is 14.8 Å². The summed E-state index contributed by atoms with van der Waals surface area (Å²) in [5.41, 5.74) is 2.52. The van der Waals surface area contributed by atoms with Gasteiger partial charge in [-0.3, -0.25) is 0 Å². The summed E-state index contributed by atoms with van der Waals surface area (Å²) in [4.78, 5) is 0. The minimum absolute atomic E-state index is 0.287. The van der Waals surface area contributed by atoms with Crippen LogP contribution in [0.25, 0.3) is 0 Å². The lowest BCUT2D eigenvalue weighted by Crippen LogP contribution is -2.14. The van der Waals surface area contributed by atoms with Crippen LogP contribution in [0.3, 0.4) is 0 Å². The number of hydrogen-bond acceptors (Lipinski definition) is 3. The number of nitrogens with one attached hydrogen (secondary N) is 1. The molecule has 0 amide bonds. The summed E-state index contributed by atoms with van der Waals surface area (Å²) < 4.78 is 11.4. The fourth-order valence-electron chi connectivity index (χ4n) is 3.05. The third kappa shape index (κ3) is 1.97. The van der Waals surface area contributed by atoms with E-state index in [-0.39, 0.29) is 6.10 Å². The molecule has 0 bridgehead atoms. The maximum absolute atomic E-state index is 5.85. The molecular formula is C15H21NO2. The molecule has 98 valence electrons. The minimum atomic E-state index is 0.287. The maximum Gasteiger partial charge on any atom is 0.124 e. The number of ether oxygens (including phenoxy) is 2. The van der Waals surface area contributed by atoms with E-state index in [2.05, 4.69) is 31.3 Å². The van der Waals surface area contributed by atoms with Crippen LogP contribution in [0.4, 0.5) is 0 Å². The fraction of sp³-hybridized carbons (Fsp3) is 0.600. The molecule has 18 heavy (non-hydrogen) atoms. The average molecular weight is 247 g/mol. The molecule has 1 aromatic carbocycles. The van der Waals surface area contributed by atoms with Crippen LogP contribution >= 0.6 is 0 Å². The van der Waals surface area contributed by atoms with Gasteiger partial charge in [-0.05, 0) is 37.9 Å². The lowest BCUT2D eigenvalue weighted by Gasteiger charge is -2.16. The molecule has 1 aromatic rings. The van der Waals surface area contributed by atoms with E-state index in [1.807, 2.05) is 0 Å². The molecule has 2 aliphatic heterocycles. The molecule has 3 atom stereocenters. The molecule has 0 aliphatic carbocycles. The first-order chi connectivity index (χ1) is 8.67. The van der Waals surface area contributed by atoms with E-state index in [4.69, 9.17) is 9.47 Å². The Balaban J connectivity index is 1.96. The summed E-state index contributed by atoms with van der Waals surface area (Å²) in [6.45, 7) is 5.48. The van der Waals surface area contributed by atoms with Crippen molar-refractivity contribution in [3.63, 3.8) is 0 Å². The predicted molar refractivity (Wildman–Crippen MR) is 71.3 cm³/mol. The molecule has 1 fully saturated rings. The highest BCUT2D eigenvalue weighted by Crippen LogP contribution is 2.40. The molecule has 0 aromatic heterocycles. The number of hydrogen-bond donors (Lipinski definition) is 1. The van der Waals surface area contributed by atoms with Gasteiger partial charge in [0.25, 0.3) is 0 Å². The van der Waals surface area contributed by atoms with Crippen LogP contribution in [-0.4, -0.2) is 19.8 Å². The van der Waals surface area contributed by atoms with Gasteiger partial charge in [0.1, 0.15) is 17.6 Å². The van der Waals surface area contributed by atoms with Crippen LogP contribution in [-0.2, 0) is 6.42 Å². The number of rotatable bonds is 2. The van der Waals surface area contributed by atoms with Crippen molar-refractivity contribution >= 4 is 0 Å². The highest BCUT2D eigenvalue weighted by Gasteiger charge is 2.28. The van der Waals surface area contributed by atoms with Crippen molar-refractivity contribution in [2.24, 2.45) is 5.92 Å². The summed E-state index contributed by atoms with van der Waals surface area (Å²) in [5.74, 6) is 2.77. The van der Waals surface area contributed by atoms with Gasteiger partial charge in [-0.15, -0.1) is 0 Å². The van der Waals surface area contributed by atoms with Crippen LogP contribution in [0.1, 0.15) is 37.4 Å². The molecule has 0 saturated carbocycles. The Morgan fingerprint density at radius 3 is 2.83 bits per heavy atom. The summed E-state index contributed by atoms with van der Waals surface area (Å²) in [6, 6.07) is 4.73. The van der Waals surface area contributed by atoms with Crippen LogP contribution in [0.15, 0.2) is 12.1 Å². The Bertz CT molecular complexity index is 458. The normalized spacial score (nSPS) is 30.1. The Morgan fingerprint density at radius 1 is 1.33 bits per heavy atom. The zero-order valence-corrected chi connectivity index (χ0v) is 11.3. The molecule has 3 heteroatoms. The van der Waals surface area contributed by atoms with Gasteiger partial charge in [0.15, 0.2) is 0 Å². The summed E-state index contributed by atoms with van der Waals surface area (Å²) in [7, 11) is 1.75. The van der Waals surface area contributed by atoms with Gasteiger partial charge in [-0.2, -0.15) is 0 Å². The second kappa shape index (κ2) is 4.47. The topological polar surface area (TPSA) is 30.5 Å². The van der Waals surface area contributed by atoms with Gasteiger partial charge in [0.05, 0.1) is 7.11 Å². The molecule has 1 N–H and O–H groups in total. The third-order valence-corrected chi connectivity index (χ3v) is 3.97. The molecule has 3 unspecified atom stereocenters. The Hall–Kier alpha value is -1.22. The Kier molecular flexibility index (Phi) is 2.94. The van der Waals surface area contributed by atoms with Gasteiger partial charge in [-0.25, -0.2) is 0 Å². The van der Waals surface area contributed by atoms with Crippen molar-refractivity contribution in [2.75, 3.05) is 13.7 Å². The van der Waals surface area contributed by atoms with E-state index in [1.54, 1.807) is 7.11 Å². The SMILES string of the molecule is COc1cc2c(cc1C1CC(C)CN1)OC(C)C2. The van der Waals surface area contributed by atoms with E-state index in [0.717, 1.165) is 30.4 Å². The average Bonchev–Trinajstić information content (AvgIpc) is 2.91. The van der Waals surface area contributed by atoms with E-state index in [9.17, 15) is 0 Å². The standard InChI is InChI=1S/C15H21NO2/c1-9-4-13(16-8-9)12-7-14-11(5-10(2)18-14)6-15(12)17-3/h6-7,9-10,13,16H,4-5,8H2,1-3H3. The highest BCUT2D eigenvalue weighted by atomic mass is 16.5. The monoisotopic (exact) mass is 247 g/mol. The van der Waals surface area contributed by atoms with Gasteiger partial charge in [-0.1, -0.05) is 6.92 Å². The van der Waals surface area contributed by atoms with E-state index < -0.39 is 0 Å². The zero-order chi connectivity index (χ0) is 12.7. The summed E-state index contributed by atoms with van der Waals surface area (Å²) in [5, 5.41) is 3.56. The lowest BCUT2D eigenvalue weighted by molar-refractivity contribution is 0.254. The number of methoxy groups -OCH3 is 1. The molecule has 0 radical (unpaired) electrons. The summed E-state index contributed by atoms with van der Waals surface area (Å²) in [6.07, 6.45) is 2.45. The van der Waals surface area contributed by atoms with Crippen LogP contribution in [0.5, 0.6) is 11.5 Å². The predicted octanol–water partition coefficient (Wildman–Crippen LogP) is 2.69. The lowest BCUT2D eigenvalue weighted by atomic mass is 9.98. The molecule has 2 aliphatic rings. The molecule has 3 rings (SSSR count). The van der Waals surface area contributed by atoms with Crippen LogP contribution in [0.2, 0.25) is 0 Å². The maximum atomic E-state index is 5.85. The van der Waals surface area contributed by atoms with Crippen molar-refractivity contribution in [3.8, 4) is 11.5 Å². The second-order valence-electron chi connectivity index (χ2n) is 5.64. The molecule has 1 saturated heterocycles. The zero-order valence-electron chi connectivity index (χ0n) is 11.3. The first-order valence-corrected chi connectivity index (χ1v) is 6.78. The van der Waals surface area contributed by atoms with Crippen LogP contribution in [0, 0.1) is 5.92 Å². The van der Waals surface area contributed by atoms with Gasteiger partial charge >= 0.3 is 0 Å². The van der Waals surface area contributed by atoms with Crippen LogP contribution < -0.4 is 14.8 Å². The van der Waals surface area contributed by atoms with Crippen molar-refractivity contribution in [3.05, 3.63) is 23.3 Å². The fourth-order valence-corrected chi connectivity index (χ4v) is 3.05. The smallest absolute Gasteiger partial charge is 0.124 e. The summed E-state index contributed by atoms with van der Waals surface area (Å²) >= 11 is 0. The molecular weight excluding hydrogens is 226 g/mol. The van der Waals surface area contributed by atoms with Crippen molar-refractivity contribution in [2.45, 2.75) is 38.8 Å². The Morgan fingerprint density at radius 2 is 2.17 bits per heavy atom. The molecule has 2 heterocycles. The van der Waals surface area contributed by atoms with Crippen molar-refractivity contribution < 1.29 is 9.47 Å². The van der Waals surface area contributed by atoms with Crippen molar-refractivity contribution in [1.82, 2.24) is 5.32 Å². The molecule has 0 spiro atoms. The van der Waals surface area contributed by atoms with E-state index in [0.29, 0.717) is 6.04 Å². The first-order valence-electron chi connectivity index (χ1n) is 6.78. The largest absolute Gasteiger partial charge is 0.496 e. The van der Waals surface area contributed by atoms with Crippen molar-refractivity contribution in [1.29, 1.82) is 0 Å².